The third-order valence-corrected chi connectivity index (χ3v) is 7.99. The van der Waals surface area contributed by atoms with Crippen LogP contribution in [0.2, 0.25) is 0 Å². The van der Waals surface area contributed by atoms with E-state index in [1.54, 1.807) is 12.1 Å². The van der Waals surface area contributed by atoms with Crippen molar-refractivity contribution in [2.24, 2.45) is 0 Å². The number of methoxy groups -OCH3 is 1. The lowest BCUT2D eigenvalue weighted by Gasteiger charge is -2.28. The van der Waals surface area contributed by atoms with Crippen LogP contribution in [0.4, 0.5) is 13.2 Å². The van der Waals surface area contributed by atoms with Gasteiger partial charge in [0.1, 0.15) is 17.6 Å². The van der Waals surface area contributed by atoms with Crippen LogP contribution in [-0.2, 0) is 28.7 Å². The normalized spacial score (nSPS) is 21.8. The summed E-state index contributed by atoms with van der Waals surface area (Å²) in [4.78, 5) is 13.8. The number of esters is 1. The van der Waals surface area contributed by atoms with Crippen molar-refractivity contribution < 1.29 is 32.2 Å². The van der Waals surface area contributed by atoms with E-state index in [-0.39, 0.29) is 24.4 Å². The number of benzene rings is 2. The van der Waals surface area contributed by atoms with Gasteiger partial charge in [0, 0.05) is 48.7 Å². The Kier molecular flexibility index (Phi) is 6.90. The molecule has 5 nitrogen and oxygen atoms in total. The summed E-state index contributed by atoms with van der Waals surface area (Å²) in [5.74, 6) is 2.83. The zero-order chi connectivity index (χ0) is 24.6. The highest BCUT2D eigenvalue weighted by Crippen LogP contribution is 2.44. The first-order valence-electron chi connectivity index (χ1n) is 11.9. The van der Waals surface area contributed by atoms with Crippen LogP contribution in [-0.4, -0.2) is 49.2 Å². The van der Waals surface area contributed by atoms with E-state index in [4.69, 9.17) is 14.2 Å². The van der Waals surface area contributed by atoms with E-state index in [1.165, 1.54) is 13.2 Å². The molecule has 2 aromatic rings. The molecule has 1 unspecified atom stereocenters. The predicted molar refractivity (Wildman–Crippen MR) is 127 cm³/mol. The number of ether oxygens (including phenoxy) is 3. The largest absolute Gasteiger partial charge is 0.492 e. The van der Waals surface area contributed by atoms with E-state index in [0.717, 1.165) is 41.3 Å². The van der Waals surface area contributed by atoms with Gasteiger partial charge in [-0.25, -0.2) is 0 Å². The zero-order valence-electron chi connectivity index (χ0n) is 19.5. The summed E-state index contributed by atoms with van der Waals surface area (Å²) in [6.45, 7) is 2.33. The number of nitrogens with zero attached hydrogens (tertiary/aromatic N) is 1. The highest BCUT2D eigenvalue weighted by Gasteiger charge is 2.38. The van der Waals surface area contributed by atoms with Crippen LogP contribution in [0.1, 0.15) is 52.7 Å². The van der Waals surface area contributed by atoms with Crippen molar-refractivity contribution in [1.29, 1.82) is 0 Å². The van der Waals surface area contributed by atoms with E-state index in [0.29, 0.717) is 43.1 Å². The standard InChI is InChI=1S/C26H28F3NO4S/c1-32-25(31)12-16-15-33-24-13-17(2-3-18(16)24)34-23-7-5-19-20(23)4-6-22(26(27,28)29)21(19)14-30-8-10-35-11-9-30/h2-4,6,13,16,23H,5,7-12,14-15H2,1H3/t16?,23-/m1/s1. The summed E-state index contributed by atoms with van der Waals surface area (Å²) in [5.41, 5.74) is 2.42. The van der Waals surface area contributed by atoms with Crippen molar-refractivity contribution in [3.63, 3.8) is 0 Å². The van der Waals surface area contributed by atoms with Gasteiger partial charge in [-0.05, 0) is 41.7 Å². The van der Waals surface area contributed by atoms with Crippen LogP contribution < -0.4 is 9.47 Å². The number of carbonyl (C=O) groups excluding carboxylic acids is 1. The molecule has 2 aliphatic heterocycles. The quantitative estimate of drug-likeness (QED) is 0.491. The fraction of sp³-hybridized carbons (Fsp3) is 0.500. The highest BCUT2D eigenvalue weighted by molar-refractivity contribution is 7.99. The van der Waals surface area contributed by atoms with Crippen LogP contribution in [0.15, 0.2) is 30.3 Å². The van der Waals surface area contributed by atoms with Gasteiger partial charge >= 0.3 is 12.1 Å². The molecule has 0 aromatic heterocycles. The lowest BCUT2D eigenvalue weighted by atomic mass is 9.96. The van der Waals surface area contributed by atoms with E-state index in [1.807, 2.05) is 23.9 Å². The smallest absolute Gasteiger partial charge is 0.416 e. The molecule has 0 N–H and O–H groups in total. The van der Waals surface area contributed by atoms with Crippen LogP contribution in [0, 0.1) is 0 Å². The Morgan fingerprint density at radius 3 is 2.69 bits per heavy atom. The third-order valence-electron chi connectivity index (χ3n) is 7.05. The molecule has 0 spiro atoms. The minimum absolute atomic E-state index is 0.0600. The number of thioether (sulfide) groups is 1. The van der Waals surface area contributed by atoms with Crippen LogP contribution in [0.3, 0.4) is 0 Å². The van der Waals surface area contributed by atoms with Gasteiger partial charge in [0.15, 0.2) is 0 Å². The number of fused-ring (bicyclic) bond motifs is 2. The number of hydrogen-bond acceptors (Lipinski definition) is 6. The van der Waals surface area contributed by atoms with Crippen molar-refractivity contribution in [3.8, 4) is 11.5 Å². The molecule has 1 fully saturated rings. The number of halogens is 3. The van der Waals surface area contributed by atoms with Crippen molar-refractivity contribution in [2.75, 3.05) is 38.3 Å². The second-order valence-corrected chi connectivity index (χ2v) is 10.4. The topological polar surface area (TPSA) is 48.0 Å². The molecule has 188 valence electrons. The molecule has 3 aliphatic rings. The summed E-state index contributed by atoms with van der Waals surface area (Å²) < 4.78 is 58.4. The number of hydrogen-bond donors (Lipinski definition) is 0. The third kappa shape index (κ3) is 5.11. The van der Waals surface area contributed by atoms with E-state index >= 15 is 0 Å². The number of rotatable bonds is 6. The second-order valence-electron chi connectivity index (χ2n) is 9.18. The number of alkyl halides is 3. The lowest BCUT2D eigenvalue weighted by molar-refractivity contribution is -0.141. The maximum atomic E-state index is 13.9. The van der Waals surface area contributed by atoms with Crippen molar-refractivity contribution in [3.05, 3.63) is 58.1 Å². The Hall–Kier alpha value is -2.39. The van der Waals surface area contributed by atoms with Crippen LogP contribution >= 0.6 is 11.8 Å². The summed E-state index contributed by atoms with van der Waals surface area (Å²) >= 11 is 1.84. The summed E-state index contributed by atoms with van der Waals surface area (Å²) in [5, 5.41) is 0. The van der Waals surface area contributed by atoms with Crippen molar-refractivity contribution in [2.45, 2.75) is 44.0 Å². The minimum atomic E-state index is -4.38. The molecule has 5 rings (SSSR count). The predicted octanol–water partition coefficient (Wildman–Crippen LogP) is 5.36. The molecule has 2 atom stereocenters. The Morgan fingerprint density at radius 1 is 1.17 bits per heavy atom. The summed E-state index contributed by atoms with van der Waals surface area (Å²) in [6, 6.07) is 8.35. The van der Waals surface area contributed by atoms with Gasteiger partial charge in [0.2, 0.25) is 0 Å². The molecule has 9 heteroatoms. The molecule has 0 saturated carbocycles. The van der Waals surface area contributed by atoms with Gasteiger partial charge in [-0.1, -0.05) is 12.1 Å². The SMILES string of the molecule is COC(=O)CC1COc2cc(O[C@@H]3CCc4c3ccc(C(F)(F)F)c4CN3CCSCC3)ccc21. The molecule has 35 heavy (non-hydrogen) atoms. The first-order valence-corrected chi connectivity index (χ1v) is 13.0. The first-order chi connectivity index (χ1) is 16.8. The molecular weight excluding hydrogens is 479 g/mol. The van der Waals surface area contributed by atoms with Gasteiger partial charge in [-0.2, -0.15) is 24.9 Å². The minimum Gasteiger partial charge on any atom is -0.492 e. The molecule has 2 aromatic carbocycles. The molecular formula is C26H28F3NO4S. The highest BCUT2D eigenvalue weighted by atomic mass is 32.2. The second kappa shape index (κ2) is 9.93. The van der Waals surface area contributed by atoms with Gasteiger partial charge in [-0.15, -0.1) is 0 Å². The fourth-order valence-electron chi connectivity index (χ4n) is 5.24. The van der Waals surface area contributed by atoms with E-state index in [2.05, 4.69) is 4.90 Å². The first kappa shape index (κ1) is 24.3. The van der Waals surface area contributed by atoms with Crippen LogP contribution in [0.5, 0.6) is 11.5 Å². The van der Waals surface area contributed by atoms with E-state index < -0.39 is 11.7 Å². The average molecular weight is 508 g/mol. The Balaban J connectivity index is 1.37. The van der Waals surface area contributed by atoms with Gasteiger partial charge in [-0.3, -0.25) is 9.69 Å². The van der Waals surface area contributed by atoms with Crippen LogP contribution in [0.25, 0.3) is 0 Å². The number of carbonyl (C=O) groups is 1. The molecule has 1 saturated heterocycles. The zero-order valence-corrected chi connectivity index (χ0v) is 20.3. The van der Waals surface area contributed by atoms with Crippen molar-refractivity contribution in [1.82, 2.24) is 4.90 Å². The maximum absolute atomic E-state index is 13.9. The van der Waals surface area contributed by atoms with Gasteiger partial charge in [0.25, 0.3) is 0 Å². The Bertz CT molecular complexity index is 1100. The molecule has 0 bridgehead atoms. The Morgan fingerprint density at radius 2 is 1.94 bits per heavy atom. The average Bonchev–Trinajstić information content (AvgIpc) is 3.43. The Labute approximate surface area is 206 Å². The van der Waals surface area contributed by atoms with Gasteiger partial charge < -0.3 is 14.2 Å². The lowest BCUT2D eigenvalue weighted by Crippen LogP contribution is -2.33. The molecule has 2 heterocycles. The fourth-order valence-corrected chi connectivity index (χ4v) is 6.22. The summed E-state index contributed by atoms with van der Waals surface area (Å²) in [7, 11) is 1.37. The maximum Gasteiger partial charge on any atom is 0.416 e. The van der Waals surface area contributed by atoms with Gasteiger partial charge in [0.05, 0.1) is 25.7 Å². The summed E-state index contributed by atoms with van der Waals surface area (Å²) in [6.07, 6.45) is -3.26. The molecule has 0 amide bonds. The monoisotopic (exact) mass is 507 g/mol. The van der Waals surface area contributed by atoms with E-state index in [9.17, 15) is 18.0 Å². The molecule has 0 radical (unpaired) electrons. The van der Waals surface area contributed by atoms with Crippen molar-refractivity contribution >= 4 is 17.7 Å². The molecule has 1 aliphatic carbocycles.